The molecule has 4 aromatic rings. The van der Waals surface area contributed by atoms with Gasteiger partial charge in [-0.15, -0.1) is 0 Å². The van der Waals surface area contributed by atoms with E-state index in [1.54, 1.807) is 6.07 Å². The molecule has 11 heteroatoms. The Morgan fingerprint density at radius 1 is 1.11 bits per heavy atom. The standard InChI is InChI=1S/C24H19F3IN5O2/c25-15-7-6-14(21(20(15)27)30-17-8-5-13(28)9-16(17)26)22(34)33-11-24(35,12-33)10-29-23-31-18-3-1-2-4-19(18)32-23/h1-9,30,35H,10-12H2,(H2,29,31,32). The molecule has 0 bridgehead atoms. The molecule has 1 aromatic heterocycles. The number of nitrogens with one attached hydrogen (secondary N) is 3. The molecular weight excluding hydrogens is 574 g/mol. The van der Waals surface area contributed by atoms with E-state index in [2.05, 4.69) is 20.6 Å². The number of β-amino-alcohol motifs (C(OH)–C–C–N with tert-alkyl or cyclic N) is 1. The number of halogens is 4. The second-order valence-electron chi connectivity index (χ2n) is 8.37. The number of hydrogen-bond donors (Lipinski definition) is 4. The lowest BCUT2D eigenvalue weighted by Crippen LogP contribution is -2.66. The van der Waals surface area contributed by atoms with Gasteiger partial charge >= 0.3 is 0 Å². The van der Waals surface area contributed by atoms with Crippen molar-refractivity contribution in [3.05, 3.63) is 81.2 Å². The SMILES string of the molecule is O=C(c1ccc(F)c(F)c1Nc1ccc(I)cc1F)N1CC(O)(CNc2nc3ccccc3[nH]2)C1. The van der Waals surface area contributed by atoms with Gasteiger partial charge in [0.1, 0.15) is 11.4 Å². The molecule has 1 amide bonds. The van der Waals surface area contributed by atoms with Gasteiger partial charge in [0.15, 0.2) is 11.6 Å². The van der Waals surface area contributed by atoms with Gasteiger partial charge in [0.25, 0.3) is 5.91 Å². The summed E-state index contributed by atoms with van der Waals surface area (Å²) in [4.78, 5) is 21.9. The molecule has 0 atom stereocenters. The smallest absolute Gasteiger partial charge is 0.256 e. The molecule has 1 aliphatic rings. The highest BCUT2D eigenvalue weighted by molar-refractivity contribution is 14.1. The fourth-order valence-corrected chi connectivity index (χ4v) is 4.40. The van der Waals surface area contributed by atoms with Crippen molar-refractivity contribution < 1.29 is 23.1 Å². The predicted octanol–water partition coefficient (Wildman–Crippen LogP) is 4.63. The lowest BCUT2D eigenvalue weighted by atomic mass is 9.93. The van der Waals surface area contributed by atoms with E-state index in [-0.39, 0.29) is 30.9 Å². The summed E-state index contributed by atoms with van der Waals surface area (Å²) in [5.74, 6) is -3.28. The number of carbonyl (C=O) groups excluding carboxylic acids is 1. The molecule has 180 valence electrons. The quantitative estimate of drug-likeness (QED) is 0.245. The summed E-state index contributed by atoms with van der Waals surface area (Å²) in [6.45, 7) is 0.0537. The summed E-state index contributed by atoms with van der Waals surface area (Å²) in [5.41, 5.74) is -0.354. The van der Waals surface area contributed by atoms with Gasteiger partial charge in [-0.2, -0.15) is 0 Å². The Kier molecular flexibility index (Phi) is 6.05. The molecule has 4 N–H and O–H groups in total. The van der Waals surface area contributed by atoms with Crippen LogP contribution in [0.25, 0.3) is 11.0 Å². The second-order valence-corrected chi connectivity index (χ2v) is 9.62. The van der Waals surface area contributed by atoms with Crippen LogP contribution in [0.3, 0.4) is 0 Å². The van der Waals surface area contributed by atoms with Gasteiger partial charge in [-0.3, -0.25) is 4.79 Å². The molecule has 0 saturated carbocycles. The summed E-state index contributed by atoms with van der Waals surface area (Å²) >= 11 is 1.92. The van der Waals surface area contributed by atoms with Crippen LogP contribution < -0.4 is 10.6 Å². The summed E-state index contributed by atoms with van der Waals surface area (Å²) in [6.07, 6.45) is 0. The van der Waals surface area contributed by atoms with Crippen LogP contribution >= 0.6 is 22.6 Å². The van der Waals surface area contributed by atoms with E-state index in [1.165, 1.54) is 17.0 Å². The van der Waals surface area contributed by atoms with E-state index in [0.29, 0.717) is 9.52 Å². The number of fused-ring (bicyclic) bond motifs is 1. The van der Waals surface area contributed by atoms with Crippen LogP contribution in [0.15, 0.2) is 54.6 Å². The number of likely N-dealkylation sites (tertiary alicyclic amines) is 1. The first kappa shape index (κ1) is 23.4. The highest BCUT2D eigenvalue weighted by Gasteiger charge is 2.44. The molecule has 1 saturated heterocycles. The van der Waals surface area contributed by atoms with Crippen molar-refractivity contribution in [3.63, 3.8) is 0 Å². The largest absolute Gasteiger partial charge is 0.384 e. The molecule has 3 aromatic carbocycles. The molecule has 2 heterocycles. The second kappa shape index (κ2) is 9.04. The number of imidazole rings is 1. The first-order valence-electron chi connectivity index (χ1n) is 10.6. The zero-order valence-electron chi connectivity index (χ0n) is 18.1. The molecule has 7 nitrogen and oxygen atoms in total. The Morgan fingerprint density at radius 3 is 2.63 bits per heavy atom. The van der Waals surface area contributed by atoms with Crippen molar-refractivity contribution in [1.29, 1.82) is 0 Å². The Hall–Kier alpha value is -3.32. The molecule has 1 aliphatic heterocycles. The number of amides is 1. The predicted molar refractivity (Wildman–Crippen MR) is 134 cm³/mol. The lowest BCUT2D eigenvalue weighted by Gasteiger charge is -2.46. The number of aliphatic hydroxyl groups is 1. The summed E-state index contributed by atoms with van der Waals surface area (Å²) < 4.78 is 43.5. The number of carbonyl (C=O) groups is 1. The minimum absolute atomic E-state index is 0.0324. The van der Waals surface area contributed by atoms with Crippen LogP contribution in [-0.4, -0.2) is 51.1 Å². The molecular formula is C24H19F3IN5O2. The van der Waals surface area contributed by atoms with Crippen LogP contribution in [0, 0.1) is 21.0 Å². The third kappa shape index (κ3) is 4.65. The number of aromatic nitrogens is 2. The highest BCUT2D eigenvalue weighted by Crippen LogP contribution is 2.32. The number of nitrogens with zero attached hydrogens (tertiary/aromatic N) is 2. The summed E-state index contributed by atoms with van der Waals surface area (Å²) in [5, 5.41) is 16.3. The van der Waals surface area contributed by atoms with E-state index in [1.807, 2.05) is 46.9 Å². The van der Waals surface area contributed by atoms with Gasteiger partial charge in [-0.1, -0.05) is 12.1 Å². The molecule has 0 spiro atoms. The number of hydrogen-bond acceptors (Lipinski definition) is 5. The van der Waals surface area contributed by atoms with E-state index < -0.39 is 34.6 Å². The summed E-state index contributed by atoms with van der Waals surface area (Å²) in [6, 6.07) is 13.6. The van der Waals surface area contributed by atoms with Gasteiger partial charge in [-0.25, -0.2) is 18.2 Å². The number of rotatable bonds is 6. The Balaban J connectivity index is 1.29. The average Bonchev–Trinajstić information content (AvgIpc) is 3.23. The van der Waals surface area contributed by atoms with E-state index >= 15 is 0 Å². The molecule has 0 unspecified atom stereocenters. The van der Waals surface area contributed by atoms with Gasteiger partial charge in [0, 0.05) is 10.1 Å². The van der Waals surface area contributed by atoms with Crippen molar-refractivity contribution in [2.75, 3.05) is 30.3 Å². The molecule has 0 aliphatic carbocycles. The molecule has 5 rings (SSSR count). The van der Waals surface area contributed by atoms with Crippen molar-refractivity contribution in [2.24, 2.45) is 0 Å². The minimum atomic E-state index is -1.30. The fourth-order valence-electron chi connectivity index (χ4n) is 3.95. The Labute approximate surface area is 211 Å². The van der Waals surface area contributed by atoms with Gasteiger partial charge < -0.3 is 25.6 Å². The third-order valence-electron chi connectivity index (χ3n) is 5.75. The fraction of sp³-hybridized carbons (Fsp3) is 0.167. The van der Waals surface area contributed by atoms with Crippen molar-refractivity contribution >= 4 is 56.9 Å². The van der Waals surface area contributed by atoms with Gasteiger partial charge in [0.05, 0.1) is 41.1 Å². The summed E-state index contributed by atoms with van der Waals surface area (Å²) in [7, 11) is 0. The van der Waals surface area contributed by atoms with E-state index in [4.69, 9.17) is 0 Å². The monoisotopic (exact) mass is 593 g/mol. The minimum Gasteiger partial charge on any atom is -0.384 e. The number of anilines is 3. The maximum atomic E-state index is 14.7. The number of benzene rings is 3. The number of H-pyrrole nitrogens is 1. The van der Waals surface area contributed by atoms with Crippen LogP contribution in [0.5, 0.6) is 0 Å². The molecule has 1 fully saturated rings. The van der Waals surface area contributed by atoms with Crippen LogP contribution in [0.2, 0.25) is 0 Å². The first-order valence-corrected chi connectivity index (χ1v) is 11.7. The lowest BCUT2D eigenvalue weighted by molar-refractivity contribution is -0.0707. The number of para-hydroxylation sites is 2. The zero-order chi connectivity index (χ0) is 24.7. The third-order valence-corrected chi connectivity index (χ3v) is 6.42. The Morgan fingerprint density at radius 2 is 1.89 bits per heavy atom. The van der Waals surface area contributed by atoms with Crippen molar-refractivity contribution in [1.82, 2.24) is 14.9 Å². The molecule has 0 radical (unpaired) electrons. The first-order chi connectivity index (χ1) is 16.7. The topological polar surface area (TPSA) is 93.3 Å². The van der Waals surface area contributed by atoms with Gasteiger partial charge in [0.2, 0.25) is 5.95 Å². The number of aromatic amines is 1. The van der Waals surface area contributed by atoms with Gasteiger partial charge in [-0.05, 0) is 65.1 Å². The van der Waals surface area contributed by atoms with Crippen LogP contribution in [0.4, 0.5) is 30.5 Å². The van der Waals surface area contributed by atoms with Crippen molar-refractivity contribution in [3.8, 4) is 0 Å². The van der Waals surface area contributed by atoms with E-state index in [0.717, 1.165) is 23.2 Å². The van der Waals surface area contributed by atoms with Crippen LogP contribution in [0.1, 0.15) is 10.4 Å². The van der Waals surface area contributed by atoms with Crippen molar-refractivity contribution in [2.45, 2.75) is 5.60 Å². The van der Waals surface area contributed by atoms with E-state index in [9.17, 15) is 23.1 Å². The average molecular weight is 593 g/mol. The maximum absolute atomic E-state index is 14.7. The van der Waals surface area contributed by atoms with Crippen LogP contribution in [-0.2, 0) is 0 Å². The molecule has 35 heavy (non-hydrogen) atoms. The maximum Gasteiger partial charge on any atom is 0.256 e. The normalized spacial score (nSPS) is 14.6. The zero-order valence-corrected chi connectivity index (χ0v) is 20.2. The Bertz CT molecular complexity index is 1410. The highest BCUT2D eigenvalue weighted by atomic mass is 127.